The molecule has 0 saturated heterocycles. The predicted octanol–water partition coefficient (Wildman–Crippen LogP) is 7.75. The zero-order valence-corrected chi connectivity index (χ0v) is 31.7. The number of hydrogen-bond donors (Lipinski definition) is 2. The molecule has 0 spiro atoms. The first-order valence-corrected chi connectivity index (χ1v) is 18.8. The molecule has 0 bridgehead atoms. The minimum Gasteiger partial charge on any atom is -0.872 e. The fraction of sp³-hybridized carbons (Fsp3) is 0.333. The fourth-order valence-electron chi connectivity index (χ4n) is 4.95. The van der Waals surface area contributed by atoms with Gasteiger partial charge in [0.25, 0.3) is 10.1 Å². The molecule has 0 aliphatic carbocycles. The molecule has 0 aliphatic rings. The Morgan fingerprint density at radius 1 is 0.633 bits per heavy atom. The van der Waals surface area contributed by atoms with Gasteiger partial charge in [-0.15, -0.1) is 5.75 Å². The Kier molecular flexibility index (Phi) is 17.9. The first-order chi connectivity index (χ1) is 22.8. The molecule has 0 fully saturated rings. The summed E-state index contributed by atoms with van der Waals surface area (Å²) in [6.07, 6.45) is 8.92. The number of rotatable bonds is 16. The minimum atomic E-state index is -4.81. The van der Waals surface area contributed by atoms with Gasteiger partial charge in [-0.05, 0) is 73.2 Å². The second-order valence-electron chi connectivity index (χ2n) is 11.2. The molecule has 0 heterocycles. The van der Waals surface area contributed by atoms with Crippen molar-refractivity contribution in [3.8, 4) is 34.5 Å². The molecule has 13 heteroatoms. The van der Waals surface area contributed by atoms with Gasteiger partial charge in [-0.25, -0.2) is 8.42 Å². The van der Waals surface area contributed by atoms with Crippen LogP contribution in [0.15, 0.2) is 94.7 Å². The van der Waals surface area contributed by atoms with Crippen LogP contribution in [0.2, 0.25) is 0 Å². The maximum absolute atomic E-state index is 11.8. The molecule has 0 amide bonds. The predicted molar refractivity (Wildman–Crippen MR) is 186 cm³/mol. The van der Waals surface area contributed by atoms with Crippen molar-refractivity contribution >= 4 is 58.0 Å². The maximum Gasteiger partial charge on any atom is 2.00 e. The topological polar surface area (TPSA) is 173 Å². The van der Waals surface area contributed by atoms with Gasteiger partial charge < -0.3 is 24.2 Å². The van der Waals surface area contributed by atoms with Crippen LogP contribution in [0.25, 0.3) is 0 Å². The van der Waals surface area contributed by atoms with Crippen molar-refractivity contribution < 1.29 is 45.6 Å². The van der Waals surface area contributed by atoms with Gasteiger partial charge in [-0.3, -0.25) is 4.55 Å². The van der Waals surface area contributed by atoms with E-state index >= 15 is 0 Å². The normalized spacial score (nSPS) is 11.2. The van der Waals surface area contributed by atoms with Crippen molar-refractivity contribution in [2.45, 2.75) is 87.8 Å². The Balaban J connectivity index is 0.000000333. The smallest absolute Gasteiger partial charge is 0.872 e. The number of aromatic hydroxyl groups is 1. The standard InChI is InChI=1S/2C18H22O5S.Ca/c2*1-2-3-4-6-9-14-12-15(19)13-17(24(20,21)22)18(14)23-16-10-7-5-8-11-16;/h2*5,7-8,10-13,19H,2-4,6,9H2,1H3,(H,20,21,22);/q;;+2/p-2. The van der Waals surface area contributed by atoms with Crippen molar-refractivity contribution in [2.75, 3.05) is 0 Å². The third-order valence-electron chi connectivity index (χ3n) is 7.29. The Bertz CT molecular complexity index is 1680. The number of hydrogen-bond acceptors (Lipinski definition) is 9. The first-order valence-electron chi connectivity index (χ1n) is 15.9. The Morgan fingerprint density at radius 2 is 1.08 bits per heavy atom. The van der Waals surface area contributed by atoms with E-state index in [4.69, 9.17) is 9.47 Å². The maximum atomic E-state index is 11.8. The molecule has 0 aromatic heterocycles. The van der Waals surface area contributed by atoms with Gasteiger partial charge in [-0.2, -0.15) is 8.42 Å². The number of unbranched alkanes of at least 4 members (excludes halogenated alkanes) is 6. The summed E-state index contributed by atoms with van der Waals surface area (Å²) in [5, 5.41) is 21.6. The van der Waals surface area contributed by atoms with Crippen LogP contribution in [-0.2, 0) is 33.1 Å². The minimum absolute atomic E-state index is 0. The van der Waals surface area contributed by atoms with Crippen molar-refractivity contribution in [1.82, 2.24) is 0 Å². The molecule has 0 unspecified atom stereocenters. The number of benzene rings is 4. The van der Waals surface area contributed by atoms with Crippen molar-refractivity contribution in [3.63, 3.8) is 0 Å². The fourth-order valence-corrected chi connectivity index (χ4v) is 6.29. The molecule has 260 valence electrons. The van der Waals surface area contributed by atoms with E-state index in [1.165, 1.54) is 12.1 Å². The summed E-state index contributed by atoms with van der Waals surface area (Å²) in [5.41, 5.74) is 1.01. The molecule has 4 aromatic rings. The molecule has 49 heavy (non-hydrogen) atoms. The molecule has 4 aromatic carbocycles. The number of phenolic OH excluding ortho intramolecular Hbond substituents is 1. The van der Waals surface area contributed by atoms with Crippen molar-refractivity contribution in [2.24, 2.45) is 0 Å². The summed E-state index contributed by atoms with van der Waals surface area (Å²) < 4.78 is 78.9. The van der Waals surface area contributed by atoms with Crippen LogP contribution in [0.5, 0.6) is 34.5 Å². The Labute approximate surface area is 319 Å². The van der Waals surface area contributed by atoms with E-state index in [2.05, 4.69) is 13.8 Å². The average Bonchev–Trinajstić information content (AvgIpc) is 3.03. The van der Waals surface area contributed by atoms with E-state index in [1.54, 1.807) is 54.6 Å². The van der Waals surface area contributed by atoms with Crippen LogP contribution in [-0.4, -0.2) is 68.8 Å². The van der Waals surface area contributed by atoms with Gasteiger partial charge in [0.2, 0.25) is 0 Å². The van der Waals surface area contributed by atoms with Gasteiger partial charge in [0.05, 0.1) is 4.90 Å². The van der Waals surface area contributed by atoms with E-state index in [1.807, 2.05) is 6.07 Å². The van der Waals surface area contributed by atoms with E-state index < -0.39 is 35.8 Å². The van der Waals surface area contributed by atoms with Crippen LogP contribution in [0, 0.1) is 0 Å². The first kappa shape index (κ1) is 42.3. The second kappa shape index (κ2) is 20.7. The number of para-hydroxylation sites is 2. The van der Waals surface area contributed by atoms with Crippen LogP contribution in [0.4, 0.5) is 0 Å². The molecule has 0 radical (unpaired) electrons. The van der Waals surface area contributed by atoms with Crippen molar-refractivity contribution in [1.29, 1.82) is 0 Å². The monoisotopic (exact) mass is 738 g/mol. The van der Waals surface area contributed by atoms with E-state index in [-0.39, 0.29) is 55.0 Å². The van der Waals surface area contributed by atoms with Crippen molar-refractivity contribution in [3.05, 3.63) is 96.1 Å². The quantitative estimate of drug-likeness (QED) is 0.0657. The summed E-state index contributed by atoms with van der Waals surface area (Å²) in [6.45, 7) is 4.19. The third kappa shape index (κ3) is 14.1. The van der Waals surface area contributed by atoms with Crippen LogP contribution in [0.1, 0.15) is 76.3 Å². The zero-order chi connectivity index (χ0) is 35.2. The Morgan fingerprint density at radius 3 is 1.51 bits per heavy atom. The van der Waals surface area contributed by atoms with Gasteiger partial charge in [0, 0.05) is 6.07 Å². The van der Waals surface area contributed by atoms with E-state index in [0.29, 0.717) is 35.5 Å². The number of ether oxygens (including phenoxy) is 2. The van der Waals surface area contributed by atoms with Gasteiger partial charge in [0.1, 0.15) is 38.0 Å². The molecular weight excluding hydrogens is 697 g/mol. The summed E-state index contributed by atoms with van der Waals surface area (Å²) >= 11 is 0. The molecular formula is C36H42CaO10S2. The third-order valence-corrected chi connectivity index (χ3v) is 9.00. The molecule has 0 saturated carbocycles. The second-order valence-corrected chi connectivity index (χ2v) is 14.0. The largest absolute Gasteiger partial charge is 2.00 e. The molecule has 10 nitrogen and oxygen atoms in total. The van der Waals surface area contributed by atoms with E-state index in [0.717, 1.165) is 63.5 Å². The number of phenols is 1. The number of aryl methyl sites for hydroxylation is 2. The van der Waals surface area contributed by atoms with Gasteiger partial charge in [0.15, 0.2) is 5.75 Å². The van der Waals surface area contributed by atoms with Crippen LogP contribution < -0.4 is 14.6 Å². The summed E-state index contributed by atoms with van der Waals surface area (Å²) in [6, 6.07) is 22.0. The summed E-state index contributed by atoms with van der Waals surface area (Å²) in [5.74, 6) is 0.188. The molecule has 0 aliphatic heterocycles. The van der Waals surface area contributed by atoms with Crippen LogP contribution in [0.3, 0.4) is 0 Å². The Hall–Kier alpha value is -2.84. The zero-order valence-electron chi connectivity index (χ0n) is 27.8. The molecule has 0 atom stereocenters. The van der Waals surface area contributed by atoms with E-state index in [9.17, 15) is 36.2 Å². The SMILES string of the molecule is CCCCCCc1cc(O)cc(S(=O)(=O)O)c1Oc1ccccc1.CCCCCCc1cc([O-])cc(S(=O)(=O)[O-])c1Oc1ccccc1.[Ca+2]. The van der Waals surface area contributed by atoms with Crippen LogP contribution >= 0.6 is 0 Å². The van der Waals surface area contributed by atoms with Gasteiger partial charge in [-0.1, -0.05) is 94.8 Å². The summed E-state index contributed by atoms with van der Waals surface area (Å²) in [4.78, 5) is -1.01. The van der Waals surface area contributed by atoms with Gasteiger partial charge >= 0.3 is 37.7 Å². The summed E-state index contributed by atoms with van der Waals surface area (Å²) in [7, 11) is -9.33. The average molecular weight is 739 g/mol. The molecule has 4 rings (SSSR count). The molecule has 2 N–H and O–H groups in total.